The molecule has 2 atom stereocenters. The van der Waals surface area contributed by atoms with Crippen molar-refractivity contribution in [3.63, 3.8) is 0 Å². The predicted octanol–water partition coefficient (Wildman–Crippen LogP) is 2.94. The Morgan fingerprint density at radius 3 is 2.69 bits per heavy atom. The number of rotatable bonds is 3. The molecule has 1 aliphatic rings. The van der Waals surface area contributed by atoms with Crippen LogP contribution < -0.4 is 5.32 Å². The van der Waals surface area contributed by atoms with E-state index in [1.807, 2.05) is 6.07 Å². The maximum absolute atomic E-state index is 6.01. The van der Waals surface area contributed by atoms with Gasteiger partial charge in [0.05, 0.1) is 12.2 Å². The zero-order chi connectivity index (χ0) is 10.5. The fourth-order valence-corrected chi connectivity index (χ4v) is 2.03. The van der Waals surface area contributed by atoms with E-state index in [9.17, 15) is 0 Å². The van der Waals surface area contributed by atoms with Crippen LogP contribution in [0.3, 0.4) is 0 Å². The summed E-state index contributed by atoms with van der Waals surface area (Å²) >= 11 is 0. The average Bonchev–Trinajstić information content (AvgIpc) is 2.31. The maximum atomic E-state index is 6.01. The fourth-order valence-electron chi connectivity index (χ4n) is 2.03. The maximum Gasteiger partial charge on any atom is 0.0801 e. The van der Waals surface area contributed by atoms with Gasteiger partial charge < -0.3 is 10.1 Å². The molecule has 1 heterocycles. The van der Waals surface area contributed by atoms with E-state index >= 15 is 0 Å². The van der Waals surface area contributed by atoms with Crippen LogP contribution in [0.1, 0.15) is 31.4 Å². The summed E-state index contributed by atoms with van der Waals surface area (Å²) in [5.74, 6) is 0. The normalized spacial score (nSPS) is 22.2. The summed E-state index contributed by atoms with van der Waals surface area (Å²) in [7, 11) is 0. The van der Waals surface area contributed by atoms with Crippen molar-refractivity contribution in [3.05, 3.63) is 35.9 Å². The van der Waals surface area contributed by atoms with Gasteiger partial charge in [-0.2, -0.15) is 0 Å². The van der Waals surface area contributed by atoms with E-state index in [-0.39, 0.29) is 18.5 Å². The van der Waals surface area contributed by atoms with Gasteiger partial charge in [-0.3, -0.25) is 0 Å². The molecular formula is C13H20ClNO. The Morgan fingerprint density at radius 1 is 1.31 bits per heavy atom. The lowest BCUT2D eigenvalue weighted by atomic mass is 10.1. The first-order chi connectivity index (χ1) is 7.36. The third-order valence-electron chi connectivity index (χ3n) is 2.92. The van der Waals surface area contributed by atoms with Gasteiger partial charge in [0, 0.05) is 6.54 Å². The highest BCUT2D eigenvalue weighted by molar-refractivity contribution is 5.85. The summed E-state index contributed by atoms with van der Waals surface area (Å²) < 4.78 is 6.01. The smallest absolute Gasteiger partial charge is 0.0801 e. The minimum atomic E-state index is 0. The standard InChI is InChI=1S/C13H19NO.ClH/c1-11(12-6-3-2-4-7-12)15-13-8-5-9-14-10-13;/h2-4,6-7,11,13-14H,5,8-10H2,1H3;1H. The molecule has 0 bridgehead atoms. The van der Waals surface area contributed by atoms with Gasteiger partial charge in [0.25, 0.3) is 0 Å². The van der Waals surface area contributed by atoms with E-state index in [0.717, 1.165) is 13.1 Å². The topological polar surface area (TPSA) is 21.3 Å². The second-order valence-electron chi connectivity index (χ2n) is 4.16. The Morgan fingerprint density at radius 2 is 2.06 bits per heavy atom. The van der Waals surface area contributed by atoms with Crippen LogP contribution in [0.2, 0.25) is 0 Å². The molecule has 3 heteroatoms. The van der Waals surface area contributed by atoms with Crippen molar-refractivity contribution in [2.45, 2.75) is 32.0 Å². The second kappa shape index (κ2) is 6.89. The van der Waals surface area contributed by atoms with Crippen LogP contribution in [0.5, 0.6) is 0 Å². The quantitative estimate of drug-likeness (QED) is 0.879. The predicted molar refractivity (Wildman–Crippen MR) is 69.1 cm³/mol. The number of halogens is 1. The van der Waals surface area contributed by atoms with Crippen molar-refractivity contribution in [1.29, 1.82) is 0 Å². The van der Waals surface area contributed by atoms with Crippen molar-refractivity contribution in [2.75, 3.05) is 13.1 Å². The van der Waals surface area contributed by atoms with Gasteiger partial charge in [0.15, 0.2) is 0 Å². The van der Waals surface area contributed by atoms with E-state index in [1.165, 1.54) is 18.4 Å². The van der Waals surface area contributed by atoms with Crippen molar-refractivity contribution >= 4 is 12.4 Å². The number of benzene rings is 1. The van der Waals surface area contributed by atoms with Gasteiger partial charge in [-0.05, 0) is 31.9 Å². The monoisotopic (exact) mass is 241 g/mol. The zero-order valence-corrected chi connectivity index (χ0v) is 10.5. The molecular weight excluding hydrogens is 222 g/mol. The minimum absolute atomic E-state index is 0. The van der Waals surface area contributed by atoms with Crippen LogP contribution in [-0.2, 0) is 4.74 Å². The molecule has 0 saturated carbocycles. The fraction of sp³-hybridized carbons (Fsp3) is 0.538. The second-order valence-corrected chi connectivity index (χ2v) is 4.16. The summed E-state index contributed by atoms with van der Waals surface area (Å²) in [4.78, 5) is 0. The summed E-state index contributed by atoms with van der Waals surface area (Å²) in [5.41, 5.74) is 1.27. The van der Waals surface area contributed by atoms with Crippen molar-refractivity contribution < 1.29 is 4.74 Å². The number of hydrogen-bond acceptors (Lipinski definition) is 2. The largest absolute Gasteiger partial charge is 0.369 e. The lowest BCUT2D eigenvalue weighted by Gasteiger charge is -2.26. The summed E-state index contributed by atoms with van der Waals surface area (Å²) in [6.45, 7) is 4.26. The Labute approximate surface area is 104 Å². The lowest BCUT2D eigenvalue weighted by molar-refractivity contribution is -0.0149. The van der Waals surface area contributed by atoms with E-state index in [1.54, 1.807) is 0 Å². The molecule has 0 amide bonds. The Hall–Kier alpha value is -0.570. The molecule has 90 valence electrons. The van der Waals surface area contributed by atoms with Crippen LogP contribution in [0.25, 0.3) is 0 Å². The minimum Gasteiger partial charge on any atom is -0.369 e. The number of hydrogen-bond donors (Lipinski definition) is 1. The summed E-state index contributed by atoms with van der Waals surface area (Å²) in [6.07, 6.45) is 3.00. The highest BCUT2D eigenvalue weighted by Crippen LogP contribution is 2.20. The van der Waals surface area contributed by atoms with E-state index in [0.29, 0.717) is 6.10 Å². The Balaban J connectivity index is 0.00000128. The molecule has 0 aliphatic carbocycles. The van der Waals surface area contributed by atoms with Crippen LogP contribution >= 0.6 is 12.4 Å². The average molecular weight is 242 g/mol. The van der Waals surface area contributed by atoms with Gasteiger partial charge in [-0.25, -0.2) is 0 Å². The van der Waals surface area contributed by atoms with Crippen LogP contribution in [0.15, 0.2) is 30.3 Å². The van der Waals surface area contributed by atoms with E-state index in [4.69, 9.17) is 4.74 Å². The van der Waals surface area contributed by atoms with Crippen molar-refractivity contribution in [1.82, 2.24) is 5.32 Å². The third kappa shape index (κ3) is 3.78. The first-order valence-corrected chi connectivity index (χ1v) is 5.77. The molecule has 2 unspecified atom stereocenters. The molecule has 1 aliphatic heterocycles. The highest BCUT2D eigenvalue weighted by atomic mass is 35.5. The number of piperidine rings is 1. The molecule has 1 fully saturated rings. The third-order valence-corrected chi connectivity index (χ3v) is 2.92. The van der Waals surface area contributed by atoms with Crippen LogP contribution in [0, 0.1) is 0 Å². The molecule has 1 aromatic carbocycles. The highest BCUT2D eigenvalue weighted by Gasteiger charge is 2.16. The SMILES string of the molecule is CC(OC1CCCNC1)c1ccccc1.Cl. The number of nitrogens with one attached hydrogen (secondary N) is 1. The first-order valence-electron chi connectivity index (χ1n) is 5.77. The van der Waals surface area contributed by atoms with Crippen LogP contribution in [-0.4, -0.2) is 19.2 Å². The summed E-state index contributed by atoms with van der Waals surface area (Å²) in [6, 6.07) is 10.4. The Kier molecular flexibility index (Phi) is 5.81. The van der Waals surface area contributed by atoms with Crippen molar-refractivity contribution in [3.8, 4) is 0 Å². The Bertz CT molecular complexity index is 285. The molecule has 16 heavy (non-hydrogen) atoms. The van der Waals surface area contributed by atoms with E-state index in [2.05, 4.69) is 36.5 Å². The molecule has 0 spiro atoms. The first kappa shape index (κ1) is 13.5. The molecule has 2 nitrogen and oxygen atoms in total. The molecule has 1 aromatic rings. The van der Waals surface area contributed by atoms with Gasteiger partial charge in [0.1, 0.15) is 0 Å². The molecule has 0 radical (unpaired) electrons. The molecule has 1 N–H and O–H groups in total. The van der Waals surface area contributed by atoms with E-state index < -0.39 is 0 Å². The van der Waals surface area contributed by atoms with Gasteiger partial charge in [-0.15, -0.1) is 12.4 Å². The van der Waals surface area contributed by atoms with Crippen LogP contribution in [0.4, 0.5) is 0 Å². The summed E-state index contributed by atoms with van der Waals surface area (Å²) in [5, 5.41) is 3.37. The number of ether oxygens (including phenoxy) is 1. The molecule has 1 saturated heterocycles. The van der Waals surface area contributed by atoms with Gasteiger partial charge in [0.2, 0.25) is 0 Å². The van der Waals surface area contributed by atoms with Gasteiger partial charge >= 0.3 is 0 Å². The molecule has 0 aromatic heterocycles. The lowest BCUT2D eigenvalue weighted by Crippen LogP contribution is -2.35. The van der Waals surface area contributed by atoms with Gasteiger partial charge in [-0.1, -0.05) is 30.3 Å². The van der Waals surface area contributed by atoms with Crippen molar-refractivity contribution in [2.24, 2.45) is 0 Å². The molecule has 2 rings (SSSR count). The zero-order valence-electron chi connectivity index (χ0n) is 9.69.